The van der Waals surface area contributed by atoms with Crippen LogP contribution in [-0.2, 0) is 24.2 Å². The molecular formula is C10H18O10. The third-order valence-corrected chi connectivity index (χ3v) is 2.07. The Balaban J connectivity index is 0. The highest BCUT2D eigenvalue weighted by Crippen LogP contribution is 2.15. The Bertz CT molecular complexity index is 294. The van der Waals surface area contributed by atoms with Crippen molar-refractivity contribution in [2.45, 2.75) is 31.3 Å². The smallest absolute Gasteiger partial charge is 0.336 e. The zero-order valence-corrected chi connectivity index (χ0v) is 10.6. The number of hydrogen-bond donors (Lipinski definition) is 4. The molecule has 1 saturated heterocycles. The van der Waals surface area contributed by atoms with Crippen LogP contribution in [0.1, 0.15) is 25.7 Å². The largest absolute Gasteiger partial charge is 0.481 e. The lowest BCUT2D eigenvalue weighted by atomic mass is 9.96. The van der Waals surface area contributed by atoms with Crippen LogP contribution in [0.2, 0.25) is 0 Å². The van der Waals surface area contributed by atoms with Crippen LogP contribution >= 0.6 is 0 Å². The summed E-state index contributed by atoms with van der Waals surface area (Å²) in [5, 5.41) is 33.8. The minimum Gasteiger partial charge on any atom is -0.481 e. The van der Waals surface area contributed by atoms with Gasteiger partial charge in [0.15, 0.2) is 5.60 Å². The molecule has 10 heteroatoms. The molecule has 6 N–H and O–H groups in total. The maximum absolute atomic E-state index is 10.3. The topological polar surface area (TPSA) is 182 Å². The molecule has 0 aromatic heterocycles. The second-order valence-corrected chi connectivity index (χ2v) is 3.83. The minimum absolute atomic E-state index is 0. The van der Waals surface area contributed by atoms with Crippen LogP contribution in [0.3, 0.4) is 0 Å². The normalized spacial score (nSPS) is 14.2. The summed E-state index contributed by atoms with van der Waals surface area (Å²) < 4.78 is 0. The van der Waals surface area contributed by atoms with Crippen molar-refractivity contribution >= 4 is 17.9 Å². The first-order valence-electron chi connectivity index (χ1n) is 5.42. The SMILES string of the molecule is C1CCOOC1.O.O=C(O)CC(O)(CC(=O)O)C(=O)O. The molecule has 0 unspecified atom stereocenters. The van der Waals surface area contributed by atoms with Gasteiger partial charge in [0, 0.05) is 0 Å². The molecule has 0 aliphatic carbocycles. The number of carbonyl (C=O) groups is 3. The third-order valence-electron chi connectivity index (χ3n) is 2.07. The van der Waals surface area contributed by atoms with Crippen LogP contribution < -0.4 is 0 Å². The fourth-order valence-corrected chi connectivity index (χ4v) is 1.15. The quantitative estimate of drug-likeness (QED) is 0.446. The summed E-state index contributed by atoms with van der Waals surface area (Å²) in [6, 6.07) is 0. The lowest BCUT2D eigenvalue weighted by Gasteiger charge is -2.18. The first-order valence-corrected chi connectivity index (χ1v) is 5.42. The first-order chi connectivity index (χ1) is 8.78. The van der Waals surface area contributed by atoms with E-state index in [1.807, 2.05) is 0 Å². The van der Waals surface area contributed by atoms with Crippen molar-refractivity contribution in [2.24, 2.45) is 0 Å². The molecule has 1 aliphatic rings. The summed E-state index contributed by atoms with van der Waals surface area (Å²) in [6.45, 7) is 1.56. The molecule has 0 radical (unpaired) electrons. The van der Waals surface area contributed by atoms with Crippen LogP contribution in [-0.4, -0.2) is 62.6 Å². The zero-order chi connectivity index (χ0) is 14.9. The van der Waals surface area contributed by atoms with Crippen molar-refractivity contribution in [1.82, 2.24) is 0 Å². The van der Waals surface area contributed by atoms with E-state index in [1.54, 1.807) is 0 Å². The predicted molar refractivity (Wildman–Crippen MR) is 61.8 cm³/mol. The maximum Gasteiger partial charge on any atom is 0.336 e. The van der Waals surface area contributed by atoms with Crippen LogP contribution in [0.15, 0.2) is 0 Å². The number of rotatable bonds is 5. The van der Waals surface area contributed by atoms with Gasteiger partial charge < -0.3 is 25.9 Å². The van der Waals surface area contributed by atoms with Gasteiger partial charge in [-0.1, -0.05) is 0 Å². The number of aliphatic hydroxyl groups is 1. The van der Waals surface area contributed by atoms with Crippen molar-refractivity contribution in [2.75, 3.05) is 13.2 Å². The van der Waals surface area contributed by atoms with E-state index < -0.39 is 36.4 Å². The Hall–Kier alpha value is -1.75. The molecule has 118 valence electrons. The summed E-state index contributed by atoms with van der Waals surface area (Å²) in [7, 11) is 0. The maximum atomic E-state index is 10.3. The van der Waals surface area contributed by atoms with Crippen LogP contribution in [0, 0.1) is 0 Å². The Morgan fingerprint density at radius 1 is 0.900 bits per heavy atom. The summed E-state index contributed by atoms with van der Waals surface area (Å²) in [6.07, 6.45) is 0.0171. The molecule has 1 fully saturated rings. The lowest BCUT2D eigenvalue weighted by molar-refractivity contribution is -0.312. The van der Waals surface area contributed by atoms with Crippen LogP contribution in [0.5, 0.6) is 0 Å². The van der Waals surface area contributed by atoms with Gasteiger partial charge in [0.05, 0.1) is 26.1 Å². The van der Waals surface area contributed by atoms with Gasteiger partial charge in [0.2, 0.25) is 0 Å². The molecule has 0 amide bonds. The van der Waals surface area contributed by atoms with Gasteiger partial charge in [0.1, 0.15) is 0 Å². The number of carboxylic acid groups (broad SMARTS) is 3. The van der Waals surface area contributed by atoms with Crippen molar-refractivity contribution in [3.8, 4) is 0 Å². The minimum atomic E-state index is -2.74. The van der Waals surface area contributed by atoms with E-state index in [2.05, 4.69) is 9.78 Å². The van der Waals surface area contributed by atoms with Crippen molar-refractivity contribution in [3.63, 3.8) is 0 Å². The van der Waals surface area contributed by atoms with Crippen molar-refractivity contribution in [1.29, 1.82) is 0 Å². The van der Waals surface area contributed by atoms with Crippen molar-refractivity contribution in [3.05, 3.63) is 0 Å². The highest BCUT2D eigenvalue weighted by Gasteiger charge is 2.40. The van der Waals surface area contributed by atoms with Gasteiger partial charge in [-0.25, -0.2) is 14.6 Å². The Morgan fingerprint density at radius 2 is 1.25 bits per heavy atom. The van der Waals surface area contributed by atoms with E-state index >= 15 is 0 Å². The van der Waals surface area contributed by atoms with Gasteiger partial charge in [0.25, 0.3) is 0 Å². The van der Waals surface area contributed by atoms with E-state index in [0.29, 0.717) is 0 Å². The average molecular weight is 298 g/mol. The molecular weight excluding hydrogens is 280 g/mol. The Morgan fingerprint density at radius 3 is 1.40 bits per heavy atom. The van der Waals surface area contributed by atoms with E-state index in [1.165, 1.54) is 0 Å². The highest BCUT2D eigenvalue weighted by molar-refractivity contribution is 5.88. The van der Waals surface area contributed by atoms with Gasteiger partial charge in [-0.15, -0.1) is 0 Å². The van der Waals surface area contributed by atoms with E-state index in [-0.39, 0.29) is 5.48 Å². The van der Waals surface area contributed by atoms with Crippen LogP contribution in [0.25, 0.3) is 0 Å². The monoisotopic (exact) mass is 298 g/mol. The van der Waals surface area contributed by atoms with E-state index in [4.69, 9.17) is 20.4 Å². The van der Waals surface area contributed by atoms with Crippen molar-refractivity contribution < 1.29 is 50.1 Å². The summed E-state index contributed by atoms with van der Waals surface area (Å²) in [4.78, 5) is 39.6. The molecule has 0 bridgehead atoms. The Labute approximate surface area is 113 Å². The molecule has 1 heterocycles. The third kappa shape index (κ3) is 9.22. The molecule has 0 aromatic carbocycles. The van der Waals surface area contributed by atoms with Gasteiger partial charge in [-0.2, -0.15) is 0 Å². The molecule has 0 aromatic rings. The molecule has 0 saturated carbocycles. The summed E-state index contributed by atoms with van der Waals surface area (Å²) >= 11 is 0. The summed E-state index contributed by atoms with van der Waals surface area (Å²) in [5.41, 5.74) is -2.74. The number of aliphatic carboxylic acids is 3. The second-order valence-electron chi connectivity index (χ2n) is 3.83. The molecule has 0 atom stereocenters. The first kappa shape index (κ1) is 20.6. The molecule has 10 nitrogen and oxygen atoms in total. The zero-order valence-electron chi connectivity index (χ0n) is 10.6. The summed E-state index contributed by atoms with van der Waals surface area (Å²) in [5.74, 6) is -5.02. The second kappa shape index (κ2) is 10.1. The van der Waals surface area contributed by atoms with Gasteiger partial charge in [-0.3, -0.25) is 9.59 Å². The number of hydrogen-bond acceptors (Lipinski definition) is 6. The van der Waals surface area contributed by atoms with Gasteiger partial charge in [-0.05, 0) is 12.8 Å². The molecule has 20 heavy (non-hydrogen) atoms. The standard InChI is InChI=1S/C6H8O7.C4H8O2.H2O/c7-3(8)1-6(13,5(11)12)2-4(9)10;1-2-4-6-5-3-1;/h13H,1-2H2,(H,7,8)(H,9,10)(H,11,12);1-4H2;1H2. The van der Waals surface area contributed by atoms with Crippen LogP contribution in [0.4, 0.5) is 0 Å². The Kier molecular flexibility index (Phi) is 10.4. The van der Waals surface area contributed by atoms with E-state index in [9.17, 15) is 14.4 Å². The highest BCUT2D eigenvalue weighted by atomic mass is 17.2. The predicted octanol–water partition coefficient (Wildman–Crippen LogP) is -1.34. The fraction of sp³-hybridized carbons (Fsp3) is 0.700. The average Bonchev–Trinajstić information content (AvgIpc) is 2.29. The van der Waals surface area contributed by atoms with E-state index in [0.717, 1.165) is 26.1 Å². The number of carboxylic acids is 3. The fourth-order valence-electron chi connectivity index (χ4n) is 1.15. The molecule has 0 spiro atoms. The molecule has 1 aliphatic heterocycles. The lowest BCUT2D eigenvalue weighted by Crippen LogP contribution is -2.42. The molecule has 1 rings (SSSR count). The van der Waals surface area contributed by atoms with Gasteiger partial charge >= 0.3 is 17.9 Å².